The number of aromatic nitrogens is 2. The Balaban J connectivity index is 1.22. The number of allylic oxidation sites excluding steroid dienone is 1. The predicted octanol–water partition coefficient (Wildman–Crippen LogP) is 4.29. The molecule has 0 spiro atoms. The Morgan fingerprint density at radius 3 is 2.68 bits per heavy atom. The number of carbonyl (C=O) groups is 1. The summed E-state index contributed by atoms with van der Waals surface area (Å²) in [7, 11) is 1.93. The lowest BCUT2D eigenvalue weighted by Gasteiger charge is -2.24. The van der Waals surface area contributed by atoms with Crippen molar-refractivity contribution < 1.29 is 24.1 Å². The standard InChI is InChI=1S/C29H25N3O5/c1-31-16-19(15-23-26(34)25-21(33)3-2-4-22(25)36-23)24-20(9-10-30-28(24)31)17-5-7-18(8-6-17)27-29(37-27)32-11-13-35-14-12-32/h2-10,15-16,27,29,33H,11-14H2,1H3/b23-15-. The minimum absolute atomic E-state index is 0.0817. The van der Waals surface area contributed by atoms with Gasteiger partial charge in [0.1, 0.15) is 35.0 Å². The van der Waals surface area contributed by atoms with E-state index in [2.05, 4.69) is 34.1 Å². The fraction of sp³-hybridized carbons (Fsp3) is 0.241. The van der Waals surface area contributed by atoms with E-state index in [4.69, 9.17) is 14.2 Å². The summed E-state index contributed by atoms with van der Waals surface area (Å²) in [5, 5.41) is 11.1. The molecular formula is C29H25N3O5. The third kappa shape index (κ3) is 3.72. The lowest BCUT2D eigenvalue weighted by atomic mass is 9.98. The molecule has 4 aromatic rings. The van der Waals surface area contributed by atoms with Gasteiger partial charge in [0, 0.05) is 43.5 Å². The molecule has 2 unspecified atom stereocenters. The van der Waals surface area contributed by atoms with E-state index in [1.165, 1.54) is 6.07 Å². The molecule has 0 amide bonds. The summed E-state index contributed by atoms with van der Waals surface area (Å²) in [6.07, 6.45) is 5.68. The number of Topliss-reactive ketones (excluding diaryl/α,β-unsaturated/α-hetero) is 1. The maximum atomic E-state index is 13.0. The van der Waals surface area contributed by atoms with Crippen molar-refractivity contribution in [1.29, 1.82) is 0 Å². The molecule has 0 bridgehead atoms. The summed E-state index contributed by atoms with van der Waals surface area (Å²) < 4.78 is 19.2. The van der Waals surface area contributed by atoms with Crippen LogP contribution >= 0.6 is 0 Å². The maximum absolute atomic E-state index is 13.0. The molecule has 0 saturated carbocycles. The first-order chi connectivity index (χ1) is 18.1. The van der Waals surface area contributed by atoms with Gasteiger partial charge in [-0.15, -0.1) is 0 Å². The van der Waals surface area contributed by atoms with E-state index in [0.717, 1.165) is 59.6 Å². The van der Waals surface area contributed by atoms with Crippen molar-refractivity contribution >= 4 is 22.9 Å². The Morgan fingerprint density at radius 1 is 1.08 bits per heavy atom. The van der Waals surface area contributed by atoms with E-state index in [1.807, 2.05) is 23.9 Å². The first-order valence-corrected chi connectivity index (χ1v) is 12.4. The number of fused-ring (bicyclic) bond motifs is 2. The van der Waals surface area contributed by atoms with Crippen molar-refractivity contribution in [2.75, 3.05) is 26.3 Å². The van der Waals surface area contributed by atoms with Crippen LogP contribution in [0.2, 0.25) is 0 Å². The summed E-state index contributed by atoms with van der Waals surface area (Å²) in [6.45, 7) is 3.31. The van der Waals surface area contributed by atoms with Gasteiger partial charge in [-0.1, -0.05) is 30.3 Å². The number of nitrogens with zero attached hydrogens (tertiary/aromatic N) is 3. The van der Waals surface area contributed by atoms with Crippen molar-refractivity contribution in [3.8, 4) is 22.6 Å². The van der Waals surface area contributed by atoms with Crippen LogP contribution in [0.3, 0.4) is 0 Å². The zero-order valence-corrected chi connectivity index (χ0v) is 20.3. The zero-order valence-electron chi connectivity index (χ0n) is 20.3. The number of aryl methyl sites for hydroxylation is 1. The molecule has 2 aromatic heterocycles. The molecule has 3 aliphatic heterocycles. The number of carbonyl (C=O) groups excluding carboxylic acids is 1. The molecule has 2 fully saturated rings. The lowest BCUT2D eigenvalue weighted by molar-refractivity contribution is 0.0162. The number of phenols is 1. The molecule has 1 N–H and O–H groups in total. The van der Waals surface area contributed by atoms with Gasteiger partial charge < -0.3 is 23.9 Å². The quantitative estimate of drug-likeness (QED) is 0.334. The van der Waals surface area contributed by atoms with Crippen molar-refractivity contribution in [2.24, 2.45) is 7.05 Å². The zero-order chi connectivity index (χ0) is 25.1. The highest BCUT2D eigenvalue weighted by atomic mass is 16.6. The van der Waals surface area contributed by atoms with Crippen LogP contribution in [-0.2, 0) is 16.5 Å². The number of pyridine rings is 1. The number of hydrogen-bond acceptors (Lipinski definition) is 7. The van der Waals surface area contributed by atoms with Gasteiger partial charge in [0.15, 0.2) is 5.76 Å². The topological polar surface area (TPSA) is 89.4 Å². The van der Waals surface area contributed by atoms with Crippen LogP contribution in [-0.4, -0.2) is 57.9 Å². The van der Waals surface area contributed by atoms with Crippen molar-refractivity contribution in [1.82, 2.24) is 14.5 Å². The van der Waals surface area contributed by atoms with Gasteiger partial charge >= 0.3 is 0 Å². The molecule has 0 radical (unpaired) electrons. The molecule has 8 heteroatoms. The Morgan fingerprint density at radius 2 is 1.89 bits per heavy atom. The van der Waals surface area contributed by atoms with Crippen LogP contribution in [0.1, 0.15) is 27.6 Å². The number of morpholine rings is 1. The Labute approximate surface area is 213 Å². The summed E-state index contributed by atoms with van der Waals surface area (Å²) in [5.74, 6) is 0.123. The average Bonchev–Trinajstić information content (AvgIpc) is 3.58. The normalized spacial score (nSPS) is 22.4. The van der Waals surface area contributed by atoms with E-state index in [9.17, 15) is 9.90 Å². The molecule has 2 atom stereocenters. The molecule has 8 nitrogen and oxygen atoms in total. The number of ketones is 1. The monoisotopic (exact) mass is 495 g/mol. The van der Waals surface area contributed by atoms with Gasteiger partial charge in [-0.25, -0.2) is 4.98 Å². The third-order valence-corrected chi connectivity index (χ3v) is 7.27. The molecule has 5 heterocycles. The second kappa shape index (κ2) is 8.55. The van der Waals surface area contributed by atoms with Gasteiger partial charge in [-0.3, -0.25) is 9.69 Å². The van der Waals surface area contributed by atoms with Crippen LogP contribution in [0.5, 0.6) is 11.5 Å². The van der Waals surface area contributed by atoms with E-state index in [1.54, 1.807) is 24.4 Å². The predicted molar refractivity (Wildman–Crippen MR) is 137 cm³/mol. The average molecular weight is 496 g/mol. The number of hydrogen-bond donors (Lipinski definition) is 1. The first-order valence-electron chi connectivity index (χ1n) is 12.4. The molecule has 0 aliphatic carbocycles. The van der Waals surface area contributed by atoms with E-state index in [-0.39, 0.29) is 35.2 Å². The molecule has 186 valence electrons. The van der Waals surface area contributed by atoms with Gasteiger partial charge in [0.05, 0.1) is 13.2 Å². The Bertz CT molecular complexity index is 1570. The number of epoxide rings is 1. The van der Waals surface area contributed by atoms with Gasteiger partial charge in [0.25, 0.3) is 0 Å². The molecule has 37 heavy (non-hydrogen) atoms. The Kier molecular flexibility index (Phi) is 5.14. The van der Waals surface area contributed by atoms with Crippen LogP contribution < -0.4 is 4.74 Å². The van der Waals surface area contributed by atoms with Gasteiger partial charge in [-0.2, -0.15) is 0 Å². The number of ether oxygens (including phenoxy) is 3. The van der Waals surface area contributed by atoms with Crippen molar-refractivity contribution in [3.63, 3.8) is 0 Å². The van der Waals surface area contributed by atoms with Crippen molar-refractivity contribution in [3.05, 3.63) is 83.4 Å². The van der Waals surface area contributed by atoms with Crippen LogP contribution in [0.25, 0.3) is 28.2 Å². The second-order valence-electron chi connectivity index (χ2n) is 9.56. The summed E-state index contributed by atoms with van der Waals surface area (Å²) in [5.41, 5.74) is 5.03. The Hall–Kier alpha value is -3.98. The summed E-state index contributed by atoms with van der Waals surface area (Å²) >= 11 is 0. The minimum atomic E-state index is -0.334. The highest BCUT2D eigenvalue weighted by Gasteiger charge is 2.45. The first kappa shape index (κ1) is 22.2. The lowest BCUT2D eigenvalue weighted by Crippen LogP contribution is -2.38. The fourth-order valence-corrected chi connectivity index (χ4v) is 5.35. The van der Waals surface area contributed by atoms with E-state index in [0.29, 0.717) is 5.75 Å². The highest BCUT2D eigenvalue weighted by molar-refractivity contribution is 6.17. The second-order valence-corrected chi connectivity index (χ2v) is 9.56. The van der Waals surface area contributed by atoms with Gasteiger partial charge in [0.2, 0.25) is 5.78 Å². The minimum Gasteiger partial charge on any atom is -0.507 e. The fourth-order valence-electron chi connectivity index (χ4n) is 5.35. The van der Waals surface area contributed by atoms with E-state index < -0.39 is 0 Å². The molecule has 3 aliphatic rings. The van der Waals surface area contributed by atoms with Crippen LogP contribution in [0.4, 0.5) is 0 Å². The highest BCUT2D eigenvalue weighted by Crippen LogP contribution is 2.42. The SMILES string of the molecule is Cn1cc(/C=C2\Oc3cccc(O)c3C2=O)c2c(-c3ccc(C4OC4N4CCOCC4)cc3)ccnc21. The van der Waals surface area contributed by atoms with Gasteiger partial charge in [-0.05, 0) is 41.0 Å². The van der Waals surface area contributed by atoms with Crippen molar-refractivity contribution in [2.45, 2.75) is 12.3 Å². The van der Waals surface area contributed by atoms with Crippen LogP contribution in [0, 0.1) is 0 Å². The smallest absolute Gasteiger partial charge is 0.235 e. The summed E-state index contributed by atoms with van der Waals surface area (Å²) in [6, 6.07) is 15.3. The maximum Gasteiger partial charge on any atom is 0.235 e. The number of phenolic OH excluding ortho intramolecular Hbond substituents is 1. The molecule has 2 saturated heterocycles. The largest absolute Gasteiger partial charge is 0.507 e. The van der Waals surface area contributed by atoms with E-state index >= 15 is 0 Å². The number of rotatable bonds is 4. The molecular weight excluding hydrogens is 470 g/mol. The number of aromatic hydroxyl groups is 1. The molecule has 7 rings (SSSR count). The third-order valence-electron chi connectivity index (χ3n) is 7.27. The summed E-state index contributed by atoms with van der Waals surface area (Å²) in [4.78, 5) is 19.9. The number of benzene rings is 2. The van der Waals surface area contributed by atoms with Crippen LogP contribution in [0.15, 0.2) is 66.7 Å². The molecule has 2 aromatic carbocycles.